The molecule has 0 bridgehead atoms. The summed E-state index contributed by atoms with van der Waals surface area (Å²) >= 11 is 1.38. The summed E-state index contributed by atoms with van der Waals surface area (Å²) in [6.45, 7) is 0.211. The zero-order valence-electron chi connectivity index (χ0n) is 14.9. The lowest BCUT2D eigenvalue weighted by Gasteiger charge is -2.09. The molecular formula is C18H17FN4O4S. The van der Waals surface area contributed by atoms with Gasteiger partial charge in [0.15, 0.2) is 6.61 Å². The van der Waals surface area contributed by atoms with Gasteiger partial charge in [0.25, 0.3) is 5.91 Å². The Hall–Kier alpha value is -3.11. The Labute approximate surface area is 163 Å². The first-order valence-electron chi connectivity index (χ1n) is 8.26. The van der Waals surface area contributed by atoms with Crippen molar-refractivity contribution in [1.29, 1.82) is 0 Å². The minimum atomic E-state index is -0.638. The van der Waals surface area contributed by atoms with Crippen molar-refractivity contribution in [1.82, 2.24) is 20.6 Å². The van der Waals surface area contributed by atoms with E-state index >= 15 is 0 Å². The number of imide groups is 1. The summed E-state index contributed by atoms with van der Waals surface area (Å²) in [4.78, 5) is 32.4. The van der Waals surface area contributed by atoms with Gasteiger partial charge in [-0.3, -0.25) is 10.1 Å². The number of nitrogens with one attached hydrogen (secondary N) is 2. The molecule has 0 atom stereocenters. The number of benzene rings is 1. The topological polar surface area (TPSA) is 102 Å². The van der Waals surface area contributed by atoms with E-state index < -0.39 is 18.5 Å². The van der Waals surface area contributed by atoms with Gasteiger partial charge in [-0.1, -0.05) is 12.1 Å². The van der Waals surface area contributed by atoms with Gasteiger partial charge in [-0.15, -0.1) is 11.3 Å². The number of rotatable bonds is 7. The molecule has 0 saturated carbocycles. The monoisotopic (exact) mass is 404 g/mol. The van der Waals surface area contributed by atoms with Gasteiger partial charge in [-0.25, -0.2) is 19.2 Å². The Bertz CT molecular complexity index is 977. The van der Waals surface area contributed by atoms with Gasteiger partial charge < -0.3 is 14.8 Å². The highest BCUT2D eigenvalue weighted by atomic mass is 32.1. The lowest BCUT2D eigenvalue weighted by molar-refractivity contribution is -0.122. The number of halogens is 1. The van der Waals surface area contributed by atoms with Crippen LogP contribution in [0.25, 0.3) is 21.3 Å². The van der Waals surface area contributed by atoms with Crippen LogP contribution in [0.2, 0.25) is 0 Å². The normalized spacial score (nSPS) is 10.6. The number of urea groups is 1. The molecule has 3 rings (SSSR count). The van der Waals surface area contributed by atoms with Gasteiger partial charge >= 0.3 is 6.03 Å². The molecule has 2 N–H and O–H groups in total. The van der Waals surface area contributed by atoms with E-state index in [9.17, 15) is 14.0 Å². The van der Waals surface area contributed by atoms with Crippen LogP contribution in [0, 0.1) is 5.82 Å². The van der Waals surface area contributed by atoms with Gasteiger partial charge in [0.2, 0.25) is 5.88 Å². The Morgan fingerprint density at radius 2 is 2.00 bits per heavy atom. The number of amides is 3. The van der Waals surface area contributed by atoms with Crippen LogP contribution < -0.4 is 15.4 Å². The van der Waals surface area contributed by atoms with E-state index in [1.54, 1.807) is 12.1 Å². The fourth-order valence-electron chi connectivity index (χ4n) is 2.41. The van der Waals surface area contributed by atoms with Crippen molar-refractivity contribution < 1.29 is 23.5 Å². The second-order valence-corrected chi connectivity index (χ2v) is 6.46. The summed E-state index contributed by atoms with van der Waals surface area (Å²) in [5.74, 6) is -0.753. The van der Waals surface area contributed by atoms with E-state index in [0.29, 0.717) is 16.8 Å². The first-order chi connectivity index (χ1) is 13.6. The molecule has 0 aliphatic heterocycles. The predicted octanol–water partition coefficient (Wildman–Crippen LogP) is 2.35. The number of fused-ring (bicyclic) bond motifs is 1. The number of hydrogen-bond donors (Lipinski definition) is 2. The molecule has 0 aliphatic rings. The highest BCUT2D eigenvalue weighted by molar-refractivity contribution is 7.17. The number of carbonyl (C=O) groups is 2. The van der Waals surface area contributed by atoms with Gasteiger partial charge in [0.1, 0.15) is 17.0 Å². The van der Waals surface area contributed by atoms with Gasteiger partial charge in [-0.2, -0.15) is 0 Å². The predicted molar refractivity (Wildman–Crippen MR) is 102 cm³/mol. The number of nitrogens with zero attached hydrogens (tertiary/aromatic N) is 2. The molecule has 3 amide bonds. The standard InChI is InChI=1S/C18H17FN4O4S/c1-26-7-6-20-18(25)23-14(24)8-27-16-15-13(9-28-17(15)22-10-21-16)11-2-4-12(19)5-3-11/h2-5,9-10H,6-8H2,1H3,(H2,20,23,24,25). The van der Waals surface area contributed by atoms with Crippen LogP contribution in [0.5, 0.6) is 5.88 Å². The molecule has 0 unspecified atom stereocenters. The van der Waals surface area contributed by atoms with E-state index in [-0.39, 0.29) is 18.2 Å². The molecule has 28 heavy (non-hydrogen) atoms. The maximum Gasteiger partial charge on any atom is 0.321 e. The number of methoxy groups -OCH3 is 1. The van der Waals surface area contributed by atoms with Crippen LogP contribution in [0.4, 0.5) is 9.18 Å². The van der Waals surface area contributed by atoms with Crippen LogP contribution in [0.3, 0.4) is 0 Å². The highest BCUT2D eigenvalue weighted by Crippen LogP contribution is 2.37. The smallest absolute Gasteiger partial charge is 0.321 e. The Balaban J connectivity index is 1.71. The minimum absolute atomic E-state index is 0.209. The third-order valence-corrected chi connectivity index (χ3v) is 4.56. The van der Waals surface area contributed by atoms with E-state index in [1.807, 2.05) is 5.38 Å². The van der Waals surface area contributed by atoms with Gasteiger partial charge in [0.05, 0.1) is 12.0 Å². The number of carbonyl (C=O) groups excluding carboxylic acids is 2. The Kier molecular flexibility index (Phi) is 6.45. The SMILES string of the molecule is COCCNC(=O)NC(=O)COc1ncnc2scc(-c3ccc(F)cc3)c12. The fourth-order valence-corrected chi connectivity index (χ4v) is 3.31. The molecule has 2 aromatic heterocycles. The van der Waals surface area contributed by atoms with Crippen molar-refractivity contribution in [3.8, 4) is 17.0 Å². The molecular weight excluding hydrogens is 387 g/mol. The highest BCUT2D eigenvalue weighted by Gasteiger charge is 2.16. The summed E-state index contributed by atoms with van der Waals surface area (Å²) < 4.78 is 23.5. The van der Waals surface area contributed by atoms with Crippen LogP contribution in [0.15, 0.2) is 36.0 Å². The second kappa shape index (κ2) is 9.20. The van der Waals surface area contributed by atoms with Gasteiger partial charge in [-0.05, 0) is 17.7 Å². The lowest BCUT2D eigenvalue weighted by Crippen LogP contribution is -2.42. The number of ether oxygens (including phenoxy) is 2. The quantitative estimate of drug-likeness (QED) is 0.586. The molecule has 0 radical (unpaired) electrons. The first-order valence-corrected chi connectivity index (χ1v) is 9.14. The molecule has 0 fully saturated rings. The van der Waals surface area contributed by atoms with Crippen LogP contribution in [-0.4, -0.2) is 48.8 Å². The number of aromatic nitrogens is 2. The average Bonchev–Trinajstić information content (AvgIpc) is 3.12. The molecule has 10 heteroatoms. The van der Waals surface area contributed by atoms with E-state index in [2.05, 4.69) is 20.6 Å². The van der Waals surface area contributed by atoms with Crippen LogP contribution >= 0.6 is 11.3 Å². The average molecular weight is 404 g/mol. The molecule has 0 spiro atoms. The van der Waals surface area contributed by atoms with Crippen molar-refractivity contribution in [2.24, 2.45) is 0 Å². The maximum absolute atomic E-state index is 13.2. The largest absolute Gasteiger partial charge is 0.467 e. The molecule has 1 aromatic carbocycles. The lowest BCUT2D eigenvalue weighted by atomic mass is 10.1. The van der Waals surface area contributed by atoms with Crippen LogP contribution in [-0.2, 0) is 9.53 Å². The number of thiophene rings is 1. The second-order valence-electron chi connectivity index (χ2n) is 5.60. The summed E-state index contributed by atoms with van der Waals surface area (Å²) in [6, 6.07) is 5.37. The zero-order valence-corrected chi connectivity index (χ0v) is 15.7. The van der Waals surface area contributed by atoms with Crippen molar-refractivity contribution in [3.63, 3.8) is 0 Å². The molecule has 2 heterocycles. The first kappa shape index (κ1) is 19.6. The Morgan fingerprint density at radius 1 is 1.21 bits per heavy atom. The summed E-state index contributed by atoms with van der Waals surface area (Å²) in [7, 11) is 1.51. The molecule has 0 aliphatic carbocycles. The fraction of sp³-hybridized carbons (Fsp3) is 0.222. The van der Waals surface area contributed by atoms with Crippen molar-refractivity contribution in [2.45, 2.75) is 0 Å². The Morgan fingerprint density at radius 3 is 2.75 bits per heavy atom. The van der Waals surface area contributed by atoms with E-state index in [4.69, 9.17) is 9.47 Å². The van der Waals surface area contributed by atoms with Crippen LogP contribution in [0.1, 0.15) is 0 Å². The molecule has 8 nitrogen and oxygen atoms in total. The minimum Gasteiger partial charge on any atom is -0.467 e. The summed E-state index contributed by atoms with van der Waals surface area (Å²) in [5.41, 5.74) is 1.54. The van der Waals surface area contributed by atoms with E-state index in [1.165, 1.54) is 36.9 Å². The summed E-state index contributed by atoms with van der Waals surface area (Å²) in [6.07, 6.45) is 1.33. The molecule has 3 aromatic rings. The summed E-state index contributed by atoms with van der Waals surface area (Å²) in [5, 5.41) is 7.10. The van der Waals surface area contributed by atoms with Crippen molar-refractivity contribution in [2.75, 3.05) is 26.9 Å². The maximum atomic E-state index is 13.2. The third-order valence-electron chi connectivity index (χ3n) is 3.68. The zero-order chi connectivity index (χ0) is 19.9. The number of hydrogen-bond acceptors (Lipinski definition) is 7. The molecule has 146 valence electrons. The van der Waals surface area contributed by atoms with E-state index in [0.717, 1.165) is 11.1 Å². The van der Waals surface area contributed by atoms with Crippen molar-refractivity contribution in [3.05, 3.63) is 41.8 Å². The molecule has 0 saturated heterocycles. The third kappa shape index (κ3) is 4.78. The van der Waals surface area contributed by atoms with Crippen molar-refractivity contribution >= 4 is 33.5 Å². The van der Waals surface area contributed by atoms with Gasteiger partial charge in [0, 0.05) is 24.6 Å².